The Kier molecular flexibility index (Phi) is 6.64. The van der Waals surface area contributed by atoms with Gasteiger partial charge in [0.15, 0.2) is 5.96 Å². The second-order valence-corrected chi connectivity index (χ2v) is 6.54. The van der Waals surface area contributed by atoms with Gasteiger partial charge in [0.2, 0.25) is 0 Å². The lowest BCUT2D eigenvalue weighted by Gasteiger charge is -2.31. The van der Waals surface area contributed by atoms with Gasteiger partial charge in [0.05, 0.1) is 6.54 Å². The van der Waals surface area contributed by atoms with Crippen molar-refractivity contribution in [2.45, 2.75) is 40.2 Å². The molecule has 0 spiro atoms. The first-order valence-corrected chi connectivity index (χ1v) is 8.98. The number of aliphatic imine (C=N–C) groups is 1. The lowest BCUT2D eigenvalue weighted by molar-refractivity contribution is 0.0773. The Morgan fingerprint density at radius 3 is 2.54 bits per heavy atom. The van der Waals surface area contributed by atoms with Gasteiger partial charge in [0.1, 0.15) is 0 Å². The molecule has 1 heterocycles. The fourth-order valence-corrected chi connectivity index (χ4v) is 3.12. The Morgan fingerprint density at radius 1 is 1.29 bits per heavy atom. The molecule has 1 aliphatic rings. The number of benzene rings is 1. The van der Waals surface area contributed by atoms with Gasteiger partial charge in [-0.2, -0.15) is 0 Å². The average Bonchev–Trinajstić information content (AvgIpc) is 2.61. The molecule has 0 aromatic heterocycles. The second-order valence-electron chi connectivity index (χ2n) is 6.54. The van der Waals surface area contributed by atoms with E-state index in [0.717, 1.165) is 37.3 Å². The molecule has 1 saturated heterocycles. The van der Waals surface area contributed by atoms with Gasteiger partial charge in [-0.05, 0) is 50.3 Å². The predicted molar refractivity (Wildman–Crippen MR) is 99.0 cm³/mol. The van der Waals surface area contributed by atoms with Crippen LogP contribution in [0.1, 0.15) is 49.5 Å². The van der Waals surface area contributed by atoms with Crippen molar-refractivity contribution in [2.24, 2.45) is 16.6 Å². The van der Waals surface area contributed by atoms with E-state index in [1.54, 1.807) is 0 Å². The number of rotatable bonds is 5. The Hall–Kier alpha value is -2.04. The van der Waals surface area contributed by atoms with Crippen LogP contribution < -0.4 is 5.73 Å². The first-order valence-electron chi connectivity index (χ1n) is 8.98. The molecular weight excluding hydrogens is 300 g/mol. The minimum absolute atomic E-state index is 0.0804. The average molecular weight is 330 g/mol. The number of hydrogen-bond donors (Lipinski definition) is 1. The van der Waals surface area contributed by atoms with Crippen molar-refractivity contribution in [3.8, 4) is 0 Å². The molecule has 2 N–H and O–H groups in total. The highest BCUT2D eigenvalue weighted by Gasteiger charge is 2.17. The van der Waals surface area contributed by atoms with Crippen molar-refractivity contribution < 1.29 is 4.79 Å². The maximum absolute atomic E-state index is 12.3. The summed E-state index contributed by atoms with van der Waals surface area (Å²) in [6.07, 6.45) is 2.45. The van der Waals surface area contributed by atoms with Crippen molar-refractivity contribution >= 4 is 11.9 Å². The minimum atomic E-state index is 0.0804. The van der Waals surface area contributed by atoms with Crippen LogP contribution in [0.25, 0.3) is 0 Å². The Bertz CT molecular complexity index is 563. The standard InChI is InChI=1S/C19H30N4O/c1-4-22(5-2)18(24)17-10-8-16(9-11-17)13-21-19(20)23-12-6-7-15(3)14-23/h8-11,15H,4-7,12-14H2,1-3H3,(H2,20,21). The molecule has 1 aromatic rings. The van der Waals surface area contributed by atoms with Crippen molar-refractivity contribution in [3.05, 3.63) is 35.4 Å². The number of carbonyl (C=O) groups excluding carboxylic acids is 1. The van der Waals surface area contributed by atoms with Gasteiger partial charge >= 0.3 is 0 Å². The van der Waals surface area contributed by atoms with Crippen molar-refractivity contribution in [2.75, 3.05) is 26.2 Å². The van der Waals surface area contributed by atoms with Crippen molar-refractivity contribution in [1.82, 2.24) is 9.80 Å². The number of likely N-dealkylation sites (tertiary alicyclic amines) is 1. The molecule has 0 bridgehead atoms. The molecule has 1 aromatic carbocycles. The molecule has 132 valence electrons. The highest BCUT2D eigenvalue weighted by molar-refractivity contribution is 5.94. The minimum Gasteiger partial charge on any atom is -0.370 e. The number of nitrogens with two attached hydrogens (primary N) is 1. The monoisotopic (exact) mass is 330 g/mol. The zero-order chi connectivity index (χ0) is 17.5. The molecule has 0 radical (unpaired) electrons. The molecule has 24 heavy (non-hydrogen) atoms. The number of guanidine groups is 1. The maximum Gasteiger partial charge on any atom is 0.253 e. The van der Waals surface area contributed by atoms with E-state index in [9.17, 15) is 4.79 Å². The third-order valence-corrected chi connectivity index (χ3v) is 4.66. The first-order chi connectivity index (χ1) is 11.5. The summed E-state index contributed by atoms with van der Waals surface area (Å²) in [7, 11) is 0. The smallest absolute Gasteiger partial charge is 0.253 e. The van der Waals surface area contributed by atoms with Gasteiger partial charge in [-0.15, -0.1) is 0 Å². The first kappa shape index (κ1) is 18.3. The molecule has 1 aliphatic heterocycles. The van der Waals surface area contributed by atoms with E-state index in [-0.39, 0.29) is 5.91 Å². The van der Waals surface area contributed by atoms with E-state index in [2.05, 4.69) is 16.8 Å². The molecule has 1 fully saturated rings. The van der Waals surface area contributed by atoms with E-state index >= 15 is 0 Å². The highest BCUT2D eigenvalue weighted by Crippen LogP contribution is 2.15. The number of piperidine rings is 1. The van der Waals surface area contributed by atoms with Crippen LogP contribution in [0.3, 0.4) is 0 Å². The molecule has 5 nitrogen and oxygen atoms in total. The normalized spacial score (nSPS) is 18.5. The van der Waals surface area contributed by atoms with Crippen LogP contribution in [0.5, 0.6) is 0 Å². The fraction of sp³-hybridized carbons (Fsp3) is 0.579. The van der Waals surface area contributed by atoms with E-state index < -0.39 is 0 Å². The zero-order valence-electron chi connectivity index (χ0n) is 15.2. The van der Waals surface area contributed by atoms with Crippen molar-refractivity contribution in [1.29, 1.82) is 0 Å². The van der Waals surface area contributed by atoms with Gasteiger partial charge in [0, 0.05) is 31.7 Å². The summed E-state index contributed by atoms with van der Waals surface area (Å²) < 4.78 is 0. The topological polar surface area (TPSA) is 61.9 Å². The molecule has 0 aliphatic carbocycles. The SMILES string of the molecule is CCN(CC)C(=O)c1ccc(CN=C(N)N2CCCC(C)C2)cc1. The van der Waals surface area contributed by atoms with E-state index in [4.69, 9.17) is 5.73 Å². The number of amides is 1. The van der Waals surface area contributed by atoms with Crippen LogP contribution >= 0.6 is 0 Å². The van der Waals surface area contributed by atoms with Crippen LogP contribution in [0.4, 0.5) is 0 Å². The highest BCUT2D eigenvalue weighted by atomic mass is 16.2. The van der Waals surface area contributed by atoms with Crippen molar-refractivity contribution in [3.63, 3.8) is 0 Å². The van der Waals surface area contributed by atoms with Gasteiger partial charge < -0.3 is 15.5 Å². The quantitative estimate of drug-likeness (QED) is 0.667. The van der Waals surface area contributed by atoms with E-state index in [0.29, 0.717) is 18.4 Å². The second kappa shape index (κ2) is 8.71. The zero-order valence-corrected chi connectivity index (χ0v) is 15.2. The number of nitrogens with zero attached hydrogens (tertiary/aromatic N) is 3. The van der Waals surface area contributed by atoms with Gasteiger partial charge in [-0.3, -0.25) is 4.79 Å². The summed E-state index contributed by atoms with van der Waals surface area (Å²) >= 11 is 0. The third kappa shape index (κ3) is 4.73. The number of carbonyl (C=O) groups is 1. The summed E-state index contributed by atoms with van der Waals surface area (Å²) in [6, 6.07) is 7.69. The van der Waals surface area contributed by atoms with Crippen LogP contribution in [-0.4, -0.2) is 47.8 Å². The molecule has 0 saturated carbocycles. The molecule has 1 atom stereocenters. The molecule has 2 rings (SSSR count). The summed E-state index contributed by atoms with van der Waals surface area (Å²) in [4.78, 5) is 20.8. The summed E-state index contributed by atoms with van der Waals surface area (Å²) in [6.45, 7) is 10.2. The Morgan fingerprint density at radius 2 is 1.96 bits per heavy atom. The number of hydrogen-bond acceptors (Lipinski definition) is 2. The van der Waals surface area contributed by atoms with E-state index in [1.807, 2.05) is 43.0 Å². The van der Waals surface area contributed by atoms with E-state index in [1.165, 1.54) is 12.8 Å². The maximum atomic E-state index is 12.3. The Labute approximate surface area is 145 Å². The van der Waals surface area contributed by atoms with Crippen LogP contribution in [0.2, 0.25) is 0 Å². The summed E-state index contributed by atoms with van der Waals surface area (Å²) in [5.41, 5.74) is 7.92. The summed E-state index contributed by atoms with van der Waals surface area (Å²) in [5, 5.41) is 0. The van der Waals surface area contributed by atoms with Crippen LogP contribution in [0.15, 0.2) is 29.3 Å². The molecule has 1 amide bonds. The molecule has 1 unspecified atom stereocenters. The molecule has 5 heteroatoms. The predicted octanol–water partition coefficient (Wildman–Crippen LogP) is 2.72. The summed E-state index contributed by atoms with van der Waals surface area (Å²) in [5.74, 6) is 1.39. The van der Waals surface area contributed by atoms with Crippen LogP contribution in [-0.2, 0) is 6.54 Å². The largest absolute Gasteiger partial charge is 0.370 e. The lowest BCUT2D eigenvalue weighted by atomic mass is 10.0. The molecular formula is C19H30N4O. The third-order valence-electron chi connectivity index (χ3n) is 4.66. The Balaban J connectivity index is 1.96. The van der Waals surface area contributed by atoms with Crippen LogP contribution in [0, 0.1) is 5.92 Å². The fourth-order valence-electron chi connectivity index (χ4n) is 3.12. The lowest BCUT2D eigenvalue weighted by Crippen LogP contribution is -2.43. The van der Waals surface area contributed by atoms with Gasteiger partial charge in [-0.1, -0.05) is 19.1 Å². The van der Waals surface area contributed by atoms with Gasteiger partial charge in [-0.25, -0.2) is 4.99 Å². The van der Waals surface area contributed by atoms with Gasteiger partial charge in [0.25, 0.3) is 5.91 Å².